The molecule has 0 radical (unpaired) electrons. The summed E-state index contributed by atoms with van der Waals surface area (Å²) in [6.45, 7) is 2.79. The minimum atomic E-state index is -0.363. The summed E-state index contributed by atoms with van der Waals surface area (Å²) >= 11 is 0. The van der Waals surface area contributed by atoms with Crippen molar-refractivity contribution in [1.29, 1.82) is 0 Å². The van der Waals surface area contributed by atoms with Crippen LogP contribution in [0.15, 0.2) is 66.9 Å². The molecule has 1 fully saturated rings. The zero-order valence-electron chi connectivity index (χ0n) is 16.6. The number of carbonyl (C=O) groups excluding carboxylic acids is 1. The third-order valence-corrected chi connectivity index (χ3v) is 5.85. The molecule has 4 rings (SSSR count). The van der Waals surface area contributed by atoms with Gasteiger partial charge in [0.2, 0.25) is 5.91 Å². The number of hydrogen-bond acceptors (Lipinski definition) is 2. The standard InChI is InChI=1S/C25H25FN2O/c1-2-16-27-24(29)25(14-3-15-25)21-9-4-18(5-10-21)20-8-13-23(28-17-20)19-6-11-22(26)12-7-19/h4-13,17H,2-3,14-16H2,1H3,(H,27,29). The number of nitrogens with zero attached hydrogens (tertiary/aromatic N) is 1. The maximum Gasteiger partial charge on any atom is 0.230 e. The maximum atomic E-state index is 13.1. The molecule has 1 heterocycles. The molecule has 1 amide bonds. The Hall–Kier alpha value is -3.01. The topological polar surface area (TPSA) is 42.0 Å². The summed E-state index contributed by atoms with van der Waals surface area (Å²) in [6.07, 6.45) is 5.70. The minimum Gasteiger partial charge on any atom is -0.355 e. The first-order chi connectivity index (χ1) is 14.1. The summed E-state index contributed by atoms with van der Waals surface area (Å²) in [7, 11) is 0. The molecule has 4 heteroatoms. The van der Waals surface area contributed by atoms with Crippen LogP contribution >= 0.6 is 0 Å². The van der Waals surface area contributed by atoms with E-state index in [0.29, 0.717) is 0 Å². The second kappa shape index (κ2) is 8.16. The summed E-state index contributed by atoms with van der Waals surface area (Å²) < 4.78 is 13.1. The predicted octanol–water partition coefficient (Wildman–Crippen LogP) is 5.50. The third kappa shape index (κ3) is 3.80. The van der Waals surface area contributed by atoms with Crippen LogP contribution in [0.1, 0.15) is 38.2 Å². The van der Waals surface area contributed by atoms with Crippen molar-refractivity contribution >= 4 is 5.91 Å². The average molecular weight is 388 g/mol. The molecule has 2 aromatic carbocycles. The lowest BCUT2D eigenvalue weighted by Gasteiger charge is -2.40. The first kappa shape index (κ1) is 19.3. The summed E-state index contributed by atoms with van der Waals surface area (Å²) in [5.74, 6) is -0.0956. The fourth-order valence-electron chi connectivity index (χ4n) is 3.92. The quantitative estimate of drug-likeness (QED) is 0.606. The number of carbonyl (C=O) groups is 1. The molecule has 1 aliphatic carbocycles. The lowest BCUT2D eigenvalue weighted by Crippen LogP contribution is -2.49. The second-order valence-corrected chi connectivity index (χ2v) is 7.71. The van der Waals surface area contributed by atoms with E-state index in [1.54, 1.807) is 12.1 Å². The van der Waals surface area contributed by atoms with Crippen LogP contribution in [-0.2, 0) is 10.2 Å². The Morgan fingerprint density at radius 1 is 0.966 bits per heavy atom. The molecule has 3 nitrogen and oxygen atoms in total. The predicted molar refractivity (Wildman–Crippen MR) is 114 cm³/mol. The molecular formula is C25H25FN2O. The second-order valence-electron chi connectivity index (χ2n) is 7.71. The van der Waals surface area contributed by atoms with Crippen molar-refractivity contribution < 1.29 is 9.18 Å². The molecule has 3 aromatic rings. The van der Waals surface area contributed by atoms with Gasteiger partial charge in [-0.05, 0) is 60.7 Å². The van der Waals surface area contributed by atoms with Crippen molar-refractivity contribution in [3.63, 3.8) is 0 Å². The number of rotatable bonds is 6. The SMILES string of the molecule is CCCNC(=O)C1(c2ccc(-c3ccc(-c4ccc(F)cc4)nc3)cc2)CCC1. The van der Waals surface area contributed by atoms with Gasteiger partial charge in [0, 0.05) is 23.9 Å². The molecule has 0 unspecified atom stereocenters. The van der Waals surface area contributed by atoms with E-state index >= 15 is 0 Å². The van der Waals surface area contributed by atoms with Gasteiger partial charge in [-0.1, -0.05) is 43.7 Å². The van der Waals surface area contributed by atoms with E-state index in [9.17, 15) is 9.18 Å². The molecule has 148 valence electrons. The number of amides is 1. The van der Waals surface area contributed by atoms with Gasteiger partial charge in [0.05, 0.1) is 11.1 Å². The van der Waals surface area contributed by atoms with Crippen molar-refractivity contribution in [3.05, 3.63) is 78.2 Å². The third-order valence-electron chi connectivity index (χ3n) is 5.85. The molecule has 1 aromatic heterocycles. The number of aromatic nitrogens is 1. The summed E-state index contributed by atoms with van der Waals surface area (Å²) in [4.78, 5) is 17.2. The van der Waals surface area contributed by atoms with E-state index in [1.165, 1.54) is 12.1 Å². The molecule has 0 saturated heterocycles. The van der Waals surface area contributed by atoms with E-state index in [-0.39, 0.29) is 17.1 Å². The molecule has 1 aliphatic rings. The van der Waals surface area contributed by atoms with Gasteiger partial charge >= 0.3 is 0 Å². The maximum absolute atomic E-state index is 13.1. The molecule has 0 bridgehead atoms. The van der Waals surface area contributed by atoms with Crippen LogP contribution in [0.3, 0.4) is 0 Å². The number of benzene rings is 2. The summed E-state index contributed by atoms with van der Waals surface area (Å²) in [5.41, 5.74) is 4.51. The lowest BCUT2D eigenvalue weighted by molar-refractivity contribution is -0.129. The zero-order valence-corrected chi connectivity index (χ0v) is 16.6. The fourth-order valence-corrected chi connectivity index (χ4v) is 3.92. The van der Waals surface area contributed by atoms with Crippen molar-refractivity contribution in [2.24, 2.45) is 0 Å². The van der Waals surface area contributed by atoms with E-state index in [2.05, 4.69) is 41.5 Å². The molecule has 29 heavy (non-hydrogen) atoms. The van der Waals surface area contributed by atoms with Gasteiger partial charge in [-0.2, -0.15) is 0 Å². The number of nitrogens with one attached hydrogen (secondary N) is 1. The Balaban J connectivity index is 1.53. The normalized spacial score (nSPS) is 14.8. The minimum absolute atomic E-state index is 0.156. The van der Waals surface area contributed by atoms with Gasteiger partial charge in [0.25, 0.3) is 0 Å². The Morgan fingerprint density at radius 3 is 2.17 bits per heavy atom. The van der Waals surface area contributed by atoms with Crippen LogP contribution in [-0.4, -0.2) is 17.4 Å². The van der Waals surface area contributed by atoms with Crippen molar-refractivity contribution in [3.8, 4) is 22.4 Å². The van der Waals surface area contributed by atoms with E-state index in [4.69, 9.17) is 0 Å². The lowest BCUT2D eigenvalue weighted by atomic mass is 9.63. The van der Waals surface area contributed by atoms with E-state index in [1.807, 2.05) is 18.3 Å². The largest absolute Gasteiger partial charge is 0.355 e. The van der Waals surface area contributed by atoms with Gasteiger partial charge in [-0.3, -0.25) is 9.78 Å². The van der Waals surface area contributed by atoms with Crippen LogP contribution < -0.4 is 5.32 Å². The van der Waals surface area contributed by atoms with Crippen molar-refractivity contribution in [2.75, 3.05) is 6.54 Å². The molecule has 0 atom stereocenters. The highest BCUT2D eigenvalue weighted by molar-refractivity contribution is 5.89. The van der Waals surface area contributed by atoms with Gasteiger partial charge in [-0.25, -0.2) is 4.39 Å². The Labute approximate surface area is 171 Å². The monoisotopic (exact) mass is 388 g/mol. The highest BCUT2D eigenvalue weighted by Crippen LogP contribution is 2.44. The van der Waals surface area contributed by atoms with Gasteiger partial charge in [0.15, 0.2) is 0 Å². The first-order valence-electron chi connectivity index (χ1n) is 10.2. The van der Waals surface area contributed by atoms with Gasteiger partial charge in [-0.15, -0.1) is 0 Å². The van der Waals surface area contributed by atoms with Crippen LogP contribution in [0.2, 0.25) is 0 Å². The number of hydrogen-bond donors (Lipinski definition) is 1. The molecule has 1 saturated carbocycles. The van der Waals surface area contributed by atoms with Crippen molar-refractivity contribution in [1.82, 2.24) is 10.3 Å². The van der Waals surface area contributed by atoms with Gasteiger partial charge in [0.1, 0.15) is 5.82 Å². The highest BCUT2D eigenvalue weighted by Gasteiger charge is 2.45. The van der Waals surface area contributed by atoms with Crippen LogP contribution in [0.25, 0.3) is 22.4 Å². The average Bonchev–Trinajstić information content (AvgIpc) is 2.73. The Bertz CT molecular complexity index is 975. The number of halogens is 1. The fraction of sp³-hybridized carbons (Fsp3) is 0.280. The first-order valence-corrected chi connectivity index (χ1v) is 10.2. The highest BCUT2D eigenvalue weighted by atomic mass is 19.1. The number of pyridine rings is 1. The van der Waals surface area contributed by atoms with Gasteiger partial charge < -0.3 is 5.32 Å². The summed E-state index contributed by atoms with van der Waals surface area (Å²) in [6, 6.07) is 18.6. The van der Waals surface area contributed by atoms with Crippen molar-refractivity contribution in [2.45, 2.75) is 38.0 Å². The van der Waals surface area contributed by atoms with Crippen LogP contribution in [0.5, 0.6) is 0 Å². The van der Waals surface area contributed by atoms with Crippen LogP contribution in [0, 0.1) is 5.82 Å². The Kier molecular flexibility index (Phi) is 5.43. The van der Waals surface area contributed by atoms with Crippen LogP contribution in [0.4, 0.5) is 4.39 Å². The molecular weight excluding hydrogens is 363 g/mol. The van der Waals surface area contributed by atoms with E-state index in [0.717, 1.165) is 60.2 Å². The molecule has 0 aliphatic heterocycles. The zero-order chi connectivity index (χ0) is 20.3. The summed E-state index contributed by atoms with van der Waals surface area (Å²) in [5, 5.41) is 3.07. The molecule has 0 spiro atoms. The van der Waals surface area contributed by atoms with E-state index < -0.39 is 0 Å². The Morgan fingerprint density at radius 2 is 1.62 bits per heavy atom. The molecule has 1 N–H and O–H groups in total. The smallest absolute Gasteiger partial charge is 0.230 e.